The first-order valence-corrected chi connectivity index (χ1v) is 9.88. The van der Waals surface area contributed by atoms with Crippen LogP contribution in [0.25, 0.3) is 11.0 Å². The molecule has 2 amide bonds. The van der Waals surface area contributed by atoms with Crippen LogP contribution >= 0.6 is 0 Å². The molecule has 156 valence electrons. The minimum absolute atomic E-state index is 0.0817. The van der Waals surface area contributed by atoms with Gasteiger partial charge in [0.25, 0.3) is 0 Å². The van der Waals surface area contributed by atoms with Crippen LogP contribution in [0.1, 0.15) is 12.7 Å². The summed E-state index contributed by atoms with van der Waals surface area (Å²) in [5.41, 5.74) is 2.88. The van der Waals surface area contributed by atoms with Crippen molar-refractivity contribution in [2.24, 2.45) is 0 Å². The number of fused-ring (bicyclic) bond motifs is 1. The lowest BCUT2D eigenvalue weighted by molar-refractivity contribution is -0.117. The molecule has 0 aliphatic rings. The number of amides is 2. The molecule has 1 heterocycles. The van der Waals surface area contributed by atoms with E-state index in [1.54, 1.807) is 24.3 Å². The predicted octanol–water partition coefficient (Wildman–Crippen LogP) is 4.21. The lowest BCUT2D eigenvalue weighted by Crippen LogP contribution is -2.21. The van der Waals surface area contributed by atoms with Crippen molar-refractivity contribution in [1.29, 1.82) is 0 Å². The summed E-state index contributed by atoms with van der Waals surface area (Å²) in [4.78, 5) is 28.7. The quantitative estimate of drug-likeness (QED) is 0.474. The van der Waals surface area contributed by atoms with Crippen molar-refractivity contribution in [2.75, 3.05) is 10.6 Å². The zero-order valence-corrected chi connectivity index (χ0v) is 17.0. The van der Waals surface area contributed by atoms with Gasteiger partial charge >= 0.3 is 0 Å². The number of hydrogen-bond acceptors (Lipinski definition) is 4. The van der Waals surface area contributed by atoms with Crippen LogP contribution in [0, 0.1) is 0 Å². The van der Waals surface area contributed by atoms with Crippen LogP contribution in [0.15, 0.2) is 78.9 Å². The first-order valence-electron chi connectivity index (χ1n) is 9.88. The highest BCUT2D eigenvalue weighted by molar-refractivity contribution is 5.94. The Morgan fingerprint density at radius 3 is 2.39 bits per heavy atom. The van der Waals surface area contributed by atoms with Crippen molar-refractivity contribution in [2.45, 2.75) is 20.1 Å². The van der Waals surface area contributed by atoms with E-state index in [0.717, 1.165) is 16.8 Å². The zero-order valence-electron chi connectivity index (χ0n) is 17.0. The molecule has 3 aromatic carbocycles. The Morgan fingerprint density at radius 2 is 1.61 bits per heavy atom. The number of nitrogens with zero attached hydrogens (tertiary/aromatic N) is 2. The average Bonchev–Trinajstić information content (AvgIpc) is 3.10. The SMILES string of the molecule is CC(=O)Nc1cccc(NC(=O)Cn2c(COc3ccccc3)nc3ccccc32)c1. The molecule has 0 fully saturated rings. The zero-order chi connectivity index (χ0) is 21.6. The Labute approximate surface area is 179 Å². The average molecular weight is 414 g/mol. The molecule has 0 spiro atoms. The smallest absolute Gasteiger partial charge is 0.244 e. The van der Waals surface area contributed by atoms with Gasteiger partial charge in [-0.3, -0.25) is 9.59 Å². The number of para-hydroxylation sites is 3. The van der Waals surface area contributed by atoms with Gasteiger partial charge in [0.15, 0.2) is 0 Å². The standard InChI is InChI=1S/C24H22N4O3/c1-17(29)25-18-8-7-9-19(14-18)26-24(30)15-28-22-13-6-5-12-21(22)27-23(28)16-31-20-10-3-2-4-11-20/h2-14H,15-16H2,1H3,(H,25,29)(H,26,30). The molecule has 4 aromatic rings. The van der Waals surface area contributed by atoms with Crippen molar-refractivity contribution in [3.8, 4) is 5.75 Å². The summed E-state index contributed by atoms with van der Waals surface area (Å²) in [7, 11) is 0. The Bertz CT molecular complexity index is 1220. The van der Waals surface area contributed by atoms with Crippen LogP contribution in [0.2, 0.25) is 0 Å². The number of carbonyl (C=O) groups is 2. The molecule has 1 aromatic heterocycles. The maximum absolute atomic E-state index is 12.8. The summed E-state index contributed by atoms with van der Waals surface area (Å²) in [6.45, 7) is 1.76. The Morgan fingerprint density at radius 1 is 0.903 bits per heavy atom. The van der Waals surface area contributed by atoms with E-state index in [-0.39, 0.29) is 25.0 Å². The summed E-state index contributed by atoms with van der Waals surface area (Å²) < 4.78 is 7.71. The fourth-order valence-corrected chi connectivity index (χ4v) is 3.30. The highest BCUT2D eigenvalue weighted by Crippen LogP contribution is 2.19. The van der Waals surface area contributed by atoms with Crippen LogP contribution in [-0.2, 0) is 22.7 Å². The monoisotopic (exact) mass is 414 g/mol. The molecule has 0 atom stereocenters. The Kier molecular flexibility index (Phi) is 5.93. The second kappa shape index (κ2) is 9.13. The largest absolute Gasteiger partial charge is 0.486 e. The fourth-order valence-electron chi connectivity index (χ4n) is 3.30. The van der Waals surface area contributed by atoms with E-state index in [9.17, 15) is 9.59 Å². The normalized spacial score (nSPS) is 10.6. The van der Waals surface area contributed by atoms with E-state index in [1.165, 1.54) is 6.92 Å². The number of rotatable bonds is 7. The number of ether oxygens (including phenoxy) is 1. The first-order chi connectivity index (χ1) is 15.1. The van der Waals surface area contributed by atoms with Gasteiger partial charge in [-0.2, -0.15) is 0 Å². The molecule has 0 unspecified atom stereocenters. The molecular formula is C24H22N4O3. The van der Waals surface area contributed by atoms with Gasteiger partial charge in [0.2, 0.25) is 11.8 Å². The molecule has 0 saturated carbocycles. The molecule has 0 aliphatic carbocycles. The molecule has 0 radical (unpaired) electrons. The number of aromatic nitrogens is 2. The third-order valence-electron chi connectivity index (χ3n) is 4.61. The van der Waals surface area contributed by atoms with E-state index < -0.39 is 0 Å². The highest BCUT2D eigenvalue weighted by atomic mass is 16.5. The van der Waals surface area contributed by atoms with Crippen LogP contribution in [0.3, 0.4) is 0 Å². The highest BCUT2D eigenvalue weighted by Gasteiger charge is 2.14. The Balaban J connectivity index is 1.53. The van der Waals surface area contributed by atoms with E-state index in [0.29, 0.717) is 17.2 Å². The summed E-state index contributed by atoms with van der Waals surface area (Å²) in [6.07, 6.45) is 0. The number of anilines is 2. The first kappa shape index (κ1) is 20.2. The lowest BCUT2D eigenvalue weighted by Gasteiger charge is -2.12. The molecule has 31 heavy (non-hydrogen) atoms. The van der Waals surface area contributed by atoms with Crippen LogP contribution in [0.4, 0.5) is 11.4 Å². The fraction of sp³-hybridized carbons (Fsp3) is 0.125. The summed E-state index contributed by atoms with van der Waals surface area (Å²) in [5, 5.41) is 5.59. The number of imidazole rings is 1. The Hall–Kier alpha value is -4.13. The van der Waals surface area contributed by atoms with E-state index in [4.69, 9.17) is 4.74 Å². The summed E-state index contributed by atoms with van der Waals surface area (Å²) in [5.74, 6) is 1.02. The summed E-state index contributed by atoms with van der Waals surface area (Å²) in [6, 6.07) is 24.2. The molecule has 0 aliphatic heterocycles. The van der Waals surface area contributed by atoms with E-state index in [2.05, 4.69) is 15.6 Å². The van der Waals surface area contributed by atoms with Crippen molar-refractivity contribution in [3.05, 3.63) is 84.7 Å². The van der Waals surface area contributed by atoms with Crippen LogP contribution in [0.5, 0.6) is 5.75 Å². The molecule has 0 saturated heterocycles. The van der Waals surface area contributed by atoms with E-state index >= 15 is 0 Å². The van der Waals surface area contributed by atoms with Crippen molar-refractivity contribution >= 4 is 34.2 Å². The molecule has 7 nitrogen and oxygen atoms in total. The molecular weight excluding hydrogens is 392 g/mol. The number of carbonyl (C=O) groups excluding carboxylic acids is 2. The van der Waals surface area contributed by atoms with Crippen LogP contribution in [-0.4, -0.2) is 21.4 Å². The van der Waals surface area contributed by atoms with Gasteiger partial charge in [-0.15, -0.1) is 0 Å². The third-order valence-corrected chi connectivity index (χ3v) is 4.61. The van der Waals surface area contributed by atoms with Gasteiger partial charge in [-0.05, 0) is 42.5 Å². The van der Waals surface area contributed by atoms with Gasteiger partial charge in [-0.1, -0.05) is 36.4 Å². The van der Waals surface area contributed by atoms with Crippen molar-refractivity contribution in [1.82, 2.24) is 9.55 Å². The number of nitrogens with one attached hydrogen (secondary N) is 2. The van der Waals surface area contributed by atoms with Gasteiger partial charge in [-0.25, -0.2) is 4.98 Å². The maximum atomic E-state index is 12.8. The minimum Gasteiger partial charge on any atom is -0.486 e. The topological polar surface area (TPSA) is 85.2 Å². The predicted molar refractivity (Wildman–Crippen MR) is 120 cm³/mol. The van der Waals surface area contributed by atoms with Gasteiger partial charge in [0, 0.05) is 18.3 Å². The molecule has 2 N–H and O–H groups in total. The minimum atomic E-state index is -0.205. The maximum Gasteiger partial charge on any atom is 0.244 e. The second-order valence-electron chi connectivity index (χ2n) is 7.01. The number of benzene rings is 3. The number of hydrogen-bond donors (Lipinski definition) is 2. The van der Waals surface area contributed by atoms with Crippen molar-refractivity contribution < 1.29 is 14.3 Å². The second-order valence-corrected chi connectivity index (χ2v) is 7.01. The third kappa shape index (κ3) is 5.08. The van der Waals surface area contributed by atoms with Gasteiger partial charge in [0.05, 0.1) is 11.0 Å². The van der Waals surface area contributed by atoms with Gasteiger partial charge < -0.3 is 19.9 Å². The van der Waals surface area contributed by atoms with E-state index in [1.807, 2.05) is 59.2 Å². The van der Waals surface area contributed by atoms with Crippen LogP contribution < -0.4 is 15.4 Å². The summed E-state index contributed by atoms with van der Waals surface area (Å²) >= 11 is 0. The molecule has 4 rings (SSSR count). The van der Waals surface area contributed by atoms with Gasteiger partial charge in [0.1, 0.15) is 24.7 Å². The lowest BCUT2D eigenvalue weighted by atomic mass is 10.2. The molecule has 7 heteroatoms. The molecule has 0 bridgehead atoms. The van der Waals surface area contributed by atoms with Crippen molar-refractivity contribution in [3.63, 3.8) is 0 Å².